The van der Waals surface area contributed by atoms with Crippen LogP contribution in [0.1, 0.15) is 19.4 Å². The van der Waals surface area contributed by atoms with E-state index >= 15 is 0 Å². The predicted octanol–water partition coefficient (Wildman–Crippen LogP) is 1.35. The van der Waals surface area contributed by atoms with Gasteiger partial charge in [0.15, 0.2) is 0 Å². The highest BCUT2D eigenvalue weighted by atomic mass is 32.2. The van der Waals surface area contributed by atoms with Crippen molar-refractivity contribution in [3.8, 4) is 5.75 Å². The van der Waals surface area contributed by atoms with Gasteiger partial charge >= 0.3 is 0 Å². The standard InChI is InChI=1S/C14H20N4O3S/c1-4-21-14-6-5-13(7-11(14)2)22(19,20)17-12(3)8-18-10-15-9-16-18/h5-7,9-10,12,17H,4,8H2,1-3H3/t12-/m1/s1. The molecule has 120 valence electrons. The van der Waals surface area contributed by atoms with Gasteiger partial charge in [0, 0.05) is 6.04 Å². The zero-order valence-electron chi connectivity index (χ0n) is 12.9. The molecule has 0 unspecified atom stereocenters. The van der Waals surface area contributed by atoms with Crippen molar-refractivity contribution in [2.24, 2.45) is 0 Å². The number of aromatic nitrogens is 3. The molecule has 7 nitrogen and oxygen atoms in total. The van der Waals surface area contributed by atoms with E-state index in [1.54, 1.807) is 36.1 Å². The second kappa shape index (κ2) is 6.89. The van der Waals surface area contributed by atoms with E-state index in [-0.39, 0.29) is 10.9 Å². The van der Waals surface area contributed by atoms with E-state index in [1.807, 2.05) is 13.8 Å². The molecule has 0 aliphatic rings. The zero-order valence-corrected chi connectivity index (χ0v) is 13.7. The first-order chi connectivity index (χ1) is 10.4. The molecule has 22 heavy (non-hydrogen) atoms. The van der Waals surface area contributed by atoms with Gasteiger partial charge in [-0.2, -0.15) is 5.10 Å². The maximum atomic E-state index is 12.4. The largest absolute Gasteiger partial charge is 0.494 e. The van der Waals surface area contributed by atoms with Crippen molar-refractivity contribution in [2.45, 2.75) is 38.3 Å². The molecular weight excluding hydrogens is 304 g/mol. The van der Waals surface area contributed by atoms with Crippen LogP contribution < -0.4 is 9.46 Å². The lowest BCUT2D eigenvalue weighted by Gasteiger charge is -2.15. The van der Waals surface area contributed by atoms with Gasteiger partial charge in [0.25, 0.3) is 0 Å². The van der Waals surface area contributed by atoms with Crippen LogP contribution >= 0.6 is 0 Å². The molecule has 0 aliphatic carbocycles. The maximum absolute atomic E-state index is 12.4. The smallest absolute Gasteiger partial charge is 0.240 e. The van der Waals surface area contributed by atoms with E-state index in [4.69, 9.17) is 4.74 Å². The molecule has 1 aromatic carbocycles. The van der Waals surface area contributed by atoms with Crippen molar-refractivity contribution in [3.63, 3.8) is 0 Å². The fraction of sp³-hybridized carbons (Fsp3) is 0.429. The van der Waals surface area contributed by atoms with E-state index in [2.05, 4.69) is 14.8 Å². The second-order valence-electron chi connectivity index (χ2n) is 5.00. The molecule has 0 bridgehead atoms. The van der Waals surface area contributed by atoms with Gasteiger partial charge in [-0.1, -0.05) is 0 Å². The van der Waals surface area contributed by atoms with Crippen LogP contribution in [0, 0.1) is 6.92 Å². The predicted molar refractivity (Wildman–Crippen MR) is 82.2 cm³/mol. The Morgan fingerprint density at radius 3 is 2.77 bits per heavy atom. The lowest BCUT2D eigenvalue weighted by atomic mass is 10.2. The Bertz CT molecular complexity index is 714. The van der Waals surface area contributed by atoms with Crippen LogP contribution in [0.5, 0.6) is 5.75 Å². The Labute approximate surface area is 130 Å². The summed E-state index contributed by atoms with van der Waals surface area (Å²) in [6.07, 6.45) is 2.96. The van der Waals surface area contributed by atoms with Crippen molar-refractivity contribution < 1.29 is 13.2 Å². The Morgan fingerprint density at radius 1 is 1.41 bits per heavy atom. The normalized spacial score (nSPS) is 13.0. The third kappa shape index (κ3) is 4.05. The van der Waals surface area contributed by atoms with E-state index in [0.717, 1.165) is 5.56 Å². The molecule has 0 fully saturated rings. The number of benzene rings is 1. The zero-order chi connectivity index (χ0) is 16.2. The summed E-state index contributed by atoms with van der Waals surface area (Å²) in [5, 5.41) is 3.96. The molecule has 1 heterocycles. The molecule has 0 saturated carbocycles. The average Bonchev–Trinajstić information content (AvgIpc) is 2.93. The summed E-state index contributed by atoms with van der Waals surface area (Å²) in [5.74, 6) is 0.692. The Morgan fingerprint density at radius 2 is 2.18 bits per heavy atom. The number of hydrogen-bond acceptors (Lipinski definition) is 5. The number of rotatable bonds is 7. The fourth-order valence-corrected chi connectivity index (χ4v) is 3.40. The van der Waals surface area contributed by atoms with Gasteiger partial charge in [-0.05, 0) is 44.5 Å². The first-order valence-electron chi connectivity index (χ1n) is 7.00. The van der Waals surface area contributed by atoms with Gasteiger partial charge in [-0.25, -0.2) is 18.1 Å². The summed E-state index contributed by atoms with van der Waals surface area (Å²) in [6.45, 7) is 6.44. The highest BCUT2D eigenvalue weighted by Gasteiger charge is 2.18. The first-order valence-corrected chi connectivity index (χ1v) is 8.49. The molecule has 8 heteroatoms. The number of aryl methyl sites for hydroxylation is 1. The summed E-state index contributed by atoms with van der Waals surface area (Å²) >= 11 is 0. The maximum Gasteiger partial charge on any atom is 0.240 e. The van der Waals surface area contributed by atoms with Crippen molar-refractivity contribution in [2.75, 3.05) is 6.61 Å². The Balaban J connectivity index is 2.11. The molecule has 2 rings (SSSR count). The molecule has 1 atom stereocenters. The minimum Gasteiger partial charge on any atom is -0.494 e. The van der Waals surface area contributed by atoms with Gasteiger partial charge in [0.1, 0.15) is 18.4 Å². The lowest BCUT2D eigenvalue weighted by molar-refractivity contribution is 0.337. The third-order valence-corrected chi connectivity index (χ3v) is 4.63. The van der Waals surface area contributed by atoms with Crippen LogP contribution in [0.2, 0.25) is 0 Å². The van der Waals surface area contributed by atoms with Gasteiger partial charge in [0.05, 0.1) is 18.0 Å². The van der Waals surface area contributed by atoms with Gasteiger partial charge in [0.2, 0.25) is 10.0 Å². The molecule has 0 amide bonds. The van der Waals surface area contributed by atoms with Crippen LogP contribution in [0.3, 0.4) is 0 Å². The Kier molecular flexibility index (Phi) is 5.15. The van der Waals surface area contributed by atoms with Crippen molar-refractivity contribution in [1.82, 2.24) is 19.5 Å². The van der Waals surface area contributed by atoms with E-state index < -0.39 is 10.0 Å². The van der Waals surface area contributed by atoms with Crippen LogP contribution in [-0.4, -0.2) is 35.8 Å². The van der Waals surface area contributed by atoms with Crippen LogP contribution in [0.25, 0.3) is 0 Å². The summed E-state index contributed by atoms with van der Waals surface area (Å²) in [6, 6.07) is 4.52. The number of nitrogens with zero attached hydrogens (tertiary/aromatic N) is 3. The number of hydrogen-bond donors (Lipinski definition) is 1. The molecule has 0 radical (unpaired) electrons. The molecule has 1 N–H and O–H groups in total. The minimum absolute atomic E-state index is 0.221. The summed E-state index contributed by atoms with van der Waals surface area (Å²) in [4.78, 5) is 4.05. The molecule has 0 spiro atoms. The van der Waals surface area contributed by atoms with Crippen LogP contribution in [0.4, 0.5) is 0 Å². The number of ether oxygens (including phenoxy) is 1. The van der Waals surface area contributed by atoms with Gasteiger partial charge < -0.3 is 4.74 Å². The SMILES string of the molecule is CCOc1ccc(S(=O)(=O)N[C@H](C)Cn2cncn2)cc1C. The summed E-state index contributed by atoms with van der Waals surface area (Å²) < 4.78 is 34.4. The van der Waals surface area contributed by atoms with E-state index in [0.29, 0.717) is 18.9 Å². The topological polar surface area (TPSA) is 86.1 Å². The molecule has 0 saturated heterocycles. The Hall–Kier alpha value is -1.93. The number of sulfonamides is 1. The average molecular weight is 324 g/mol. The van der Waals surface area contributed by atoms with Gasteiger partial charge in [-0.3, -0.25) is 4.68 Å². The summed E-state index contributed by atoms with van der Waals surface area (Å²) in [5.41, 5.74) is 0.786. The minimum atomic E-state index is -3.58. The third-order valence-electron chi connectivity index (χ3n) is 3.04. The summed E-state index contributed by atoms with van der Waals surface area (Å²) in [7, 11) is -3.58. The quantitative estimate of drug-likeness (QED) is 0.831. The van der Waals surface area contributed by atoms with Crippen molar-refractivity contribution >= 4 is 10.0 Å². The van der Waals surface area contributed by atoms with Crippen molar-refractivity contribution in [1.29, 1.82) is 0 Å². The highest BCUT2D eigenvalue weighted by Crippen LogP contribution is 2.21. The lowest BCUT2D eigenvalue weighted by Crippen LogP contribution is -2.35. The monoisotopic (exact) mass is 324 g/mol. The highest BCUT2D eigenvalue weighted by molar-refractivity contribution is 7.89. The first kappa shape index (κ1) is 16.4. The molecular formula is C14H20N4O3S. The molecule has 0 aliphatic heterocycles. The van der Waals surface area contributed by atoms with Crippen molar-refractivity contribution in [3.05, 3.63) is 36.4 Å². The fourth-order valence-electron chi connectivity index (χ4n) is 2.08. The van der Waals surface area contributed by atoms with Crippen LogP contribution in [-0.2, 0) is 16.6 Å². The van der Waals surface area contributed by atoms with E-state index in [1.165, 1.54) is 6.33 Å². The number of nitrogens with one attached hydrogen (secondary N) is 1. The second-order valence-corrected chi connectivity index (χ2v) is 6.71. The van der Waals surface area contributed by atoms with E-state index in [9.17, 15) is 8.42 Å². The molecule has 2 aromatic rings. The van der Waals surface area contributed by atoms with Crippen LogP contribution in [0.15, 0.2) is 35.7 Å². The molecule has 1 aromatic heterocycles. The van der Waals surface area contributed by atoms with Gasteiger partial charge in [-0.15, -0.1) is 0 Å².